The van der Waals surface area contributed by atoms with Gasteiger partial charge < -0.3 is 5.32 Å². The number of rotatable bonds is 5. The summed E-state index contributed by atoms with van der Waals surface area (Å²) in [6.07, 6.45) is 3.62. The highest BCUT2D eigenvalue weighted by atomic mass is 35.5. The van der Waals surface area contributed by atoms with Gasteiger partial charge in [-0.15, -0.1) is 0 Å². The van der Waals surface area contributed by atoms with Gasteiger partial charge in [0.2, 0.25) is 5.91 Å². The average Bonchev–Trinajstić information content (AvgIpc) is 3.18. The van der Waals surface area contributed by atoms with E-state index in [1.165, 1.54) is 0 Å². The Morgan fingerprint density at radius 1 is 1.17 bits per heavy atom. The zero-order valence-corrected chi connectivity index (χ0v) is 14.2. The number of amides is 1. The molecule has 0 aliphatic heterocycles. The number of anilines is 1. The lowest BCUT2D eigenvalue weighted by Crippen LogP contribution is -2.24. The van der Waals surface area contributed by atoms with Crippen molar-refractivity contribution < 1.29 is 4.79 Å². The van der Waals surface area contributed by atoms with E-state index in [4.69, 9.17) is 11.6 Å². The fourth-order valence-electron chi connectivity index (χ4n) is 2.29. The van der Waals surface area contributed by atoms with Crippen molar-refractivity contribution in [2.75, 3.05) is 5.32 Å². The first kappa shape index (κ1) is 16.3. The summed E-state index contributed by atoms with van der Waals surface area (Å²) in [5.41, 5.74) is 1.96. The number of benzene rings is 1. The molecule has 1 aromatic carbocycles. The molecule has 0 aliphatic rings. The maximum absolute atomic E-state index is 12.3. The standard InChI is InChI=1S/C17H18ClN5O/c1-12-7-10-23(20-12)13(2)17(24)19-16-8-9-22(21-16)11-14-3-5-15(18)6-4-14/h3-10,13H,11H2,1-2H3,(H,19,21,24). The fourth-order valence-corrected chi connectivity index (χ4v) is 2.42. The number of hydrogen-bond donors (Lipinski definition) is 1. The van der Waals surface area contributed by atoms with Crippen LogP contribution in [0.15, 0.2) is 48.8 Å². The Morgan fingerprint density at radius 3 is 2.58 bits per heavy atom. The highest BCUT2D eigenvalue weighted by Gasteiger charge is 2.16. The maximum Gasteiger partial charge on any atom is 0.250 e. The molecule has 0 fully saturated rings. The number of carbonyl (C=O) groups excluding carboxylic acids is 1. The highest BCUT2D eigenvalue weighted by Crippen LogP contribution is 2.13. The minimum Gasteiger partial charge on any atom is -0.307 e. The molecule has 1 N–H and O–H groups in total. The van der Waals surface area contributed by atoms with Gasteiger partial charge in [0, 0.05) is 23.5 Å². The number of aromatic nitrogens is 4. The molecule has 0 radical (unpaired) electrons. The number of halogens is 1. The predicted molar refractivity (Wildman–Crippen MR) is 93.1 cm³/mol. The van der Waals surface area contributed by atoms with Crippen LogP contribution in [0.5, 0.6) is 0 Å². The number of nitrogens with zero attached hydrogens (tertiary/aromatic N) is 4. The summed E-state index contributed by atoms with van der Waals surface area (Å²) in [6.45, 7) is 4.30. The molecule has 0 spiro atoms. The van der Waals surface area contributed by atoms with E-state index in [2.05, 4.69) is 15.5 Å². The first-order chi connectivity index (χ1) is 11.5. The third-order valence-corrected chi connectivity index (χ3v) is 3.92. The van der Waals surface area contributed by atoms with Gasteiger partial charge >= 0.3 is 0 Å². The second-order valence-corrected chi connectivity index (χ2v) is 6.06. The second-order valence-electron chi connectivity index (χ2n) is 5.63. The molecule has 7 heteroatoms. The molecule has 6 nitrogen and oxygen atoms in total. The molecule has 0 saturated heterocycles. The van der Waals surface area contributed by atoms with Gasteiger partial charge in [-0.2, -0.15) is 10.2 Å². The van der Waals surface area contributed by atoms with E-state index in [-0.39, 0.29) is 5.91 Å². The molecule has 0 bridgehead atoms. The summed E-state index contributed by atoms with van der Waals surface area (Å²) in [6, 6.07) is 10.8. The zero-order chi connectivity index (χ0) is 17.1. The Labute approximate surface area is 145 Å². The van der Waals surface area contributed by atoms with Crippen LogP contribution in [-0.2, 0) is 11.3 Å². The molecule has 3 rings (SSSR count). The van der Waals surface area contributed by atoms with Crippen molar-refractivity contribution >= 4 is 23.3 Å². The van der Waals surface area contributed by atoms with Crippen molar-refractivity contribution in [1.82, 2.24) is 19.6 Å². The topological polar surface area (TPSA) is 64.7 Å². The average molecular weight is 344 g/mol. The van der Waals surface area contributed by atoms with Gasteiger partial charge in [0.25, 0.3) is 0 Å². The molecule has 3 aromatic rings. The van der Waals surface area contributed by atoms with Crippen molar-refractivity contribution in [2.45, 2.75) is 26.4 Å². The summed E-state index contributed by atoms with van der Waals surface area (Å²) in [5, 5.41) is 12.1. The molecule has 1 atom stereocenters. The van der Waals surface area contributed by atoms with Gasteiger partial charge in [0.05, 0.1) is 12.2 Å². The lowest BCUT2D eigenvalue weighted by Gasteiger charge is -2.11. The van der Waals surface area contributed by atoms with Crippen LogP contribution in [0.3, 0.4) is 0 Å². The van der Waals surface area contributed by atoms with E-state index >= 15 is 0 Å². The second kappa shape index (κ2) is 6.88. The largest absolute Gasteiger partial charge is 0.307 e. The van der Waals surface area contributed by atoms with Crippen molar-refractivity contribution in [1.29, 1.82) is 0 Å². The molecule has 124 valence electrons. The molecular formula is C17H18ClN5O. The highest BCUT2D eigenvalue weighted by molar-refractivity contribution is 6.30. The minimum atomic E-state index is -0.403. The van der Waals surface area contributed by atoms with Crippen LogP contribution in [0.4, 0.5) is 5.82 Å². The van der Waals surface area contributed by atoms with Crippen LogP contribution in [0.25, 0.3) is 0 Å². The van der Waals surface area contributed by atoms with Crippen LogP contribution >= 0.6 is 11.6 Å². The van der Waals surface area contributed by atoms with Crippen molar-refractivity contribution in [2.24, 2.45) is 0 Å². The van der Waals surface area contributed by atoms with Gasteiger partial charge in [0.15, 0.2) is 5.82 Å². The Kier molecular flexibility index (Phi) is 4.66. The SMILES string of the molecule is Cc1ccn(C(C)C(=O)Nc2ccn(Cc3ccc(Cl)cc3)n2)n1. The van der Waals surface area contributed by atoms with Crippen molar-refractivity contribution in [3.63, 3.8) is 0 Å². The molecule has 24 heavy (non-hydrogen) atoms. The predicted octanol–water partition coefficient (Wildman–Crippen LogP) is 3.29. The van der Waals surface area contributed by atoms with Crippen LogP contribution in [0.2, 0.25) is 5.02 Å². The first-order valence-electron chi connectivity index (χ1n) is 7.62. The minimum absolute atomic E-state index is 0.158. The number of hydrogen-bond acceptors (Lipinski definition) is 3. The number of aryl methyl sites for hydroxylation is 1. The Balaban J connectivity index is 1.63. The molecule has 2 aromatic heterocycles. The molecule has 1 amide bonds. The van der Waals surface area contributed by atoms with E-state index < -0.39 is 6.04 Å². The van der Waals surface area contributed by atoms with Gasteiger partial charge in [-0.05, 0) is 37.6 Å². The third kappa shape index (κ3) is 3.83. The Morgan fingerprint density at radius 2 is 1.92 bits per heavy atom. The van der Waals surface area contributed by atoms with Crippen LogP contribution in [0.1, 0.15) is 24.2 Å². The lowest BCUT2D eigenvalue weighted by atomic mass is 10.2. The summed E-state index contributed by atoms with van der Waals surface area (Å²) in [4.78, 5) is 12.3. The quantitative estimate of drug-likeness (QED) is 0.773. The first-order valence-corrected chi connectivity index (χ1v) is 7.99. The Hall–Kier alpha value is -2.60. The van der Waals surface area contributed by atoms with Crippen LogP contribution < -0.4 is 5.32 Å². The monoisotopic (exact) mass is 343 g/mol. The number of carbonyl (C=O) groups is 1. The summed E-state index contributed by atoms with van der Waals surface area (Å²) < 4.78 is 3.40. The molecule has 1 unspecified atom stereocenters. The van der Waals surface area contributed by atoms with Crippen LogP contribution in [0, 0.1) is 6.92 Å². The van der Waals surface area contributed by atoms with E-state index in [1.807, 2.05) is 43.5 Å². The molecule has 2 heterocycles. The zero-order valence-electron chi connectivity index (χ0n) is 13.5. The van der Waals surface area contributed by atoms with E-state index in [1.54, 1.807) is 28.6 Å². The van der Waals surface area contributed by atoms with Crippen LogP contribution in [-0.4, -0.2) is 25.5 Å². The third-order valence-electron chi connectivity index (χ3n) is 3.67. The molecule has 0 saturated carbocycles. The maximum atomic E-state index is 12.3. The van der Waals surface area contributed by atoms with E-state index in [0.717, 1.165) is 11.3 Å². The summed E-state index contributed by atoms with van der Waals surface area (Å²) in [7, 11) is 0. The normalized spacial score (nSPS) is 12.1. The van der Waals surface area contributed by atoms with Gasteiger partial charge in [0.1, 0.15) is 6.04 Å². The van der Waals surface area contributed by atoms with E-state index in [9.17, 15) is 4.79 Å². The Bertz CT molecular complexity index is 837. The van der Waals surface area contributed by atoms with E-state index in [0.29, 0.717) is 17.4 Å². The van der Waals surface area contributed by atoms with Gasteiger partial charge in [-0.3, -0.25) is 14.2 Å². The lowest BCUT2D eigenvalue weighted by molar-refractivity contribution is -0.119. The number of nitrogens with one attached hydrogen (secondary N) is 1. The van der Waals surface area contributed by atoms with Gasteiger partial charge in [-0.25, -0.2) is 0 Å². The summed E-state index contributed by atoms with van der Waals surface area (Å²) >= 11 is 5.88. The van der Waals surface area contributed by atoms with Crippen molar-refractivity contribution in [3.8, 4) is 0 Å². The summed E-state index contributed by atoms with van der Waals surface area (Å²) in [5.74, 6) is 0.361. The molecular weight excluding hydrogens is 326 g/mol. The smallest absolute Gasteiger partial charge is 0.250 e. The van der Waals surface area contributed by atoms with Gasteiger partial charge in [-0.1, -0.05) is 23.7 Å². The fraction of sp³-hybridized carbons (Fsp3) is 0.235. The molecule has 0 aliphatic carbocycles. The van der Waals surface area contributed by atoms with Crippen molar-refractivity contribution in [3.05, 3.63) is 65.1 Å².